The minimum Gasteiger partial charge on any atom is -0.497 e. The van der Waals surface area contributed by atoms with Crippen LogP contribution in [-0.4, -0.2) is 16.6 Å². The van der Waals surface area contributed by atoms with Crippen molar-refractivity contribution in [1.29, 1.82) is 0 Å². The molecule has 20 heavy (non-hydrogen) atoms. The summed E-state index contributed by atoms with van der Waals surface area (Å²) in [5, 5.41) is 4.03. The normalized spacial score (nSPS) is 10.7. The average molecular weight is 276 g/mol. The Balaban J connectivity index is 1.83. The summed E-state index contributed by atoms with van der Waals surface area (Å²) in [4.78, 5) is 0. The van der Waals surface area contributed by atoms with Crippen LogP contribution in [0.3, 0.4) is 0 Å². The molecular formula is C18H16OSi. The first-order valence-electron chi connectivity index (χ1n) is 6.71. The first kappa shape index (κ1) is 12.9. The zero-order chi connectivity index (χ0) is 13.8. The van der Waals surface area contributed by atoms with E-state index < -0.39 is 0 Å². The van der Waals surface area contributed by atoms with Gasteiger partial charge in [0.05, 0.1) is 16.6 Å². The van der Waals surface area contributed by atoms with E-state index in [0.717, 1.165) is 21.3 Å². The molecule has 0 heterocycles. The van der Waals surface area contributed by atoms with Crippen molar-refractivity contribution in [2.24, 2.45) is 0 Å². The molecule has 0 bridgehead atoms. The van der Waals surface area contributed by atoms with Crippen LogP contribution in [0.4, 0.5) is 0 Å². The lowest BCUT2D eigenvalue weighted by Gasteiger charge is -2.07. The molecule has 0 spiro atoms. The fourth-order valence-electron chi connectivity index (χ4n) is 2.38. The molecule has 98 valence electrons. The number of benzene rings is 3. The number of methoxy groups -OCH3 is 1. The average Bonchev–Trinajstić information content (AvgIpc) is 2.53. The molecular weight excluding hydrogens is 260 g/mol. The molecule has 0 aromatic heterocycles. The van der Waals surface area contributed by atoms with E-state index in [-0.39, 0.29) is 0 Å². The maximum Gasteiger partial charge on any atom is 0.118 e. The Bertz CT molecular complexity index is 716. The van der Waals surface area contributed by atoms with Crippen LogP contribution in [0.5, 0.6) is 5.75 Å². The van der Waals surface area contributed by atoms with Crippen molar-refractivity contribution in [3.63, 3.8) is 0 Å². The van der Waals surface area contributed by atoms with Crippen LogP contribution in [0.25, 0.3) is 10.8 Å². The Morgan fingerprint density at radius 1 is 0.900 bits per heavy atom. The van der Waals surface area contributed by atoms with E-state index in [1.165, 1.54) is 21.5 Å². The second kappa shape index (κ2) is 5.93. The Kier molecular flexibility index (Phi) is 3.84. The molecule has 0 aliphatic carbocycles. The zero-order valence-electron chi connectivity index (χ0n) is 11.5. The molecule has 0 unspecified atom stereocenters. The highest BCUT2D eigenvalue weighted by atomic mass is 28.2. The number of hydrogen-bond donors (Lipinski definition) is 0. The van der Waals surface area contributed by atoms with Gasteiger partial charge in [0, 0.05) is 0 Å². The molecule has 0 aliphatic heterocycles. The molecule has 3 rings (SSSR count). The van der Waals surface area contributed by atoms with Gasteiger partial charge >= 0.3 is 0 Å². The molecule has 0 fully saturated rings. The minimum absolute atomic E-state index is 0.765. The summed E-state index contributed by atoms with van der Waals surface area (Å²) >= 11 is 0. The van der Waals surface area contributed by atoms with Gasteiger partial charge in [0.1, 0.15) is 5.75 Å². The van der Waals surface area contributed by atoms with E-state index in [2.05, 4.69) is 60.7 Å². The van der Waals surface area contributed by atoms with Crippen molar-refractivity contribution in [2.75, 3.05) is 7.11 Å². The smallest absolute Gasteiger partial charge is 0.118 e. The predicted octanol–water partition coefficient (Wildman–Crippen LogP) is 3.38. The predicted molar refractivity (Wildman–Crippen MR) is 86.0 cm³/mol. The van der Waals surface area contributed by atoms with E-state index in [0.29, 0.717) is 0 Å². The number of ether oxygens (including phenoxy) is 1. The second-order valence-electron chi connectivity index (χ2n) is 4.72. The molecule has 0 amide bonds. The van der Waals surface area contributed by atoms with E-state index in [1.54, 1.807) is 7.11 Å². The van der Waals surface area contributed by atoms with Gasteiger partial charge in [-0.05, 0) is 34.5 Å². The van der Waals surface area contributed by atoms with Gasteiger partial charge in [-0.2, -0.15) is 0 Å². The third-order valence-electron chi connectivity index (χ3n) is 3.43. The van der Waals surface area contributed by atoms with Gasteiger partial charge in [0.2, 0.25) is 0 Å². The van der Waals surface area contributed by atoms with E-state index in [9.17, 15) is 0 Å². The minimum atomic E-state index is 0.765. The van der Waals surface area contributed by atoms with Gasteiger partial charge in [0.25, 0.3) is 0 Å². The monoisotopic (exact) mass is 276 g/mol. The van der Waals surface area contributed by atoms with E-state index in [1.807, 2.05) is 6.07 Å². The molecule has 0 saturated carbocycles. The maximum absolute atomic E-state index is 5.28. The lowest BCUT2D eigenvalue weighted by Crippen LogP contribution is -2.16. The van der Waals surface area contributed by atoms with Crippen molar-refractivity contribution in [3.8, 4) is 5.75 Å². The number of rotatable bonds is 4. The number of hydrogen-bond acceptors (Lipinski definition) is 1. The van der Waals surface area contributed by atoms with Gasteiger partial charge < -0.3 is 4.74 Å². The van der Waals surface area contributed by atoms with Crippen LogP contribution in [0.2, 0.25) is 0 Å². The molecule has 3 aromatic rings. The van der Waals surface area contributed by atoms with Crippen molar-refractivity contribution in [2.45, 2.75) is 6.04 Å². The van der Waals surface area contributed by atoms with Gasteiger partial charge in [-0.3, -0.25) is 0 Å². The van der Waals surface area contributed by atoms with Crippen molar-refractivity contribution in [3.05, 3.63) is 72.3 Å². The van der Waals surface area contributed by atoms with Crippen LogP contribution in [0.15, 0.2) is 66.7 Å². The lowest BCUT2D eigenvalue weighted by molar-refractivity contribution is 0.415. The molecule has 2 heteroatoms. The fourth-order valence-corrected chi connectivity index (χ4v) is 3.54. The maximum atomic E-state index is 5.28. The summed E-state index contributed by atoms with van der Waals surface area (Å²) in [5.41, 5.74) is 1.42. The van der Waals surface area contributed by atoms with Crippen molar-refractivity contribution in [1.82, 2.24) is 0 Å². The molecule has 0 aliphatic rings. The summed E-state index contributed by atoms with van der Waals surface area (Å²) in [7, 11) is 2.48. The highest BCUT2D eigenvalue weighted by Gasteiger charge is 2.03. The standard InChI is InChI=1S/C18H16OSi/c1-19-16-9-5-10-17(12-16)20-13-15-8-4-7-14-6-2-3-11-18(14)15/h2-12H,13H2,1H3. The summed E-state index contributed by atoms with van der Waals surface area (Å²) in [5.74, 6) is 0.938. The van der Waals surface area contributed by atoms with Crippen molar-refractivity contribution < 1.29 is 4.74 Å². The third kappa shape index (κ3) is 2.75. The summed E-state index contributed by atoms with van der Waals surface area (Å²) in [6.07, 6.45) is 0. The van der Waals surface area contributed by atoms with Crippen LogP contribution >= 0.6 is 0 Å². The highest BCUT2D eigenvalue weighted by Crippen LogP contribution is 2.18. The SMILES string of the molecule is COc1cccc([Si]Cc2cccc3ccccc23)c1. The molecule has 0 saturated heterocycles. The van der Waals surface area contributed by atoms with Crippen LogP contribution in [-0.2, 0) is 6.04 Å². The van der Waals surface area contributed by atoms with Gasteiger partial charge in [-0.15, -0.1) is 0 Å². The van der Waals surface area contributed by atoms with Crippen molar-refractivity contribution >= 4 is 25.5 Å². The van der Waals surface area contributed by atoms with E-state index in [4.69, 9.17) is 4.74 Å². The van der Waals surface area contributed by atoms with Gasteiger partial charge in [-0.1, -0.05) is 59.8 Å². The Morgan fingerprint density at radius 3 is 2.60 bits per heavy atom. The zero-order valence-corrected chi connectivity index (χ0v) is 12.5. The fraction of sp³-hybridized carbons (Fsp3) is 0.111. The van der Waals surface area contributed by atoms with Crippen LogP contribution in [0.1, 0.15) is 5.56 Å². The van der Waals surface area contributed by atoms with Gasteiger partial charge in [0.15, 0.2) is 0 Å². The lowest BCUT2D eigenvalue weighted by atomic mass is 10.1. The summed E-state index contributed by atoms with van der Waals surface area (Å²) in [6, 6.07) is 24.6. The Hall–Kier alpha value is -2.06. The quantitative estimate of drug-likeness (QED) is 0.664. The summed E-state index contributed by atoms with van der Waals surface area (Å²) in [6.45, 7) is 0. The van der Waals surface area contributed by atoms with Crippen LogP contribution in [0, 0.1) is 0 Å². The first-order valence-corrected chi connectivity index (χ1v) is 7.92. The van der Waals surface area contributed by atoms with E-state index >= 15 is 0 Å². The molecule has 3 aromatic carbocycles. The van der Waals surface area contributed by atoms with Crippen LogP contribution < -0.4 is 9.92 Å². The molecule has 0 N–H and O–H groups in total. The summed E-state index contributed by atoms with van der Waals surface area (Å²) < 4.78 is 5.28. The highest BCUT2D eigenvalue weighted by molar-refractivity contribution is 6.53. The molecule has 0 atom stereocenters. The second-order valence-corrected chi connectivity index (χ2v) is 6.01. The third-order valence-corrected chi connectivity index (χ3v) is 4.71. The topological polar surface area (TPSA) is 9.23 Å². The van der Waals surface area contributed by atoms with Gasteiger partial charge in [-0.25, -0.2) is 0 Å². The largest absolute Gasteiger partial charge is 0.497 e. The first-order chi connectivity index (χ1) is 9.86. The number of fused-ring (bicyclic) bond motifs is 1. The molecule has 2 radical (unpaired) electrons. The Labute approximate surface area is 122 Å². The Morgan fingerprint density at radius 2 is 1.70 bits per heavy atom. The molecule has 1 nitrogen and oxygen atoms in total.